The molecule has 1 aromatic rings. The molecule has 0 N–H and O–H groups in total. The van der Waals surface area contributed by atoms with E-state index in [0.717, 1.165) is 5.57 Å². The molecule has 0 saturated carbocycles. The average Bonchev–Trinajstić information content (AvgIpc) is 2.55. The van der Waals surface area contributed by atoms with Crippen molar-refractivity contribution in [3.05, 3.63) is 64.8 Å². The van der Waals surface area contributed by atoms with Gasteiger partial charge in [-0.2, -0.15) is 0 Å². The quantitative estimate of drug-likeness (QED) is 0.694. The molecular weight excluding hydrogens is 283 g/mol. The maximum Gasteiger partial charge on any atom is 0.0240 e. The fourth-order valence-corrected chi connectivity index (χ4v) is 2.12. The predicted octanol–water partition coefficient (Wildman–Crippen LogP) is 4.71. The number of hydrogen-bond donors (Lipinski definition) is 0. The Morgan fingerprint density at radius 2 is 1.88 bits per heavy atom. The van der Waals surface area contributed by atoms with Crippen molar-refractivity contribution >= 4 is 6.08 Å². The van der Waals surface area contributed by atoms with Crippen molar-refractivity contribution in [2.24, 2.45) is 0 Å². The molecule has 17 heavy (non-hydrogen) atoms. The maximum absolute atomic E-state index is 3.99. The van der Waals surface area contributed by atoms with E-state index in [2.05, 4.69) is 63.8 Å². The fraction of sp³-hybridized carbons (Fsp3) is 0.250. The van der Waals surface area contributed by atoms with Crippen LogP contribution in [0.1, 0.15) is 37.8 Å². The summed E-state index contributed by atoms with van der Waals surface area (Å²) >= 11 is 0. The Balaban J connectivity index is 0.00000144. The normalized spacial score (nSPS) is 18.2. The van der Waals surface area contributed by atoms with Crippen LogP contribution in [0.5, 0.6) is 0 Å². The van der Waals surface area contributed by atoms with Crippen LogP contribution in [0.15, 0.2) is 53.6 Å². The summed E-state index contributed by atoms with van der Waals surface area (Å²) in [6.45, 7) is 10.4. The summed E-state index contributed by atoms with van der Waals surface area (Å²) in [4.78, 5) is 0. The SMILES string of the molecule is C=C(C)C(C)=CC1C(C)=Cc2ccccc21.[Zr]. The van der Waals surface area contributed by atoms with E-state index in [9.17, 15) is 0 Å². The second kappa shape index (κ2) is 5.78. The summed E-state index contributed by atoms with van der Waals surface area (Å²) in [5, 5.41) is 0. The van der Waals surface area contributed by atoms with Crippen LogP contribution in [0.2, 0.25) is 0 Å². The van der Waals surface area contributed by atoms with Crippen LogP contribution in [-0.4, -0.2) is 0 Å². The molecule has 1 unspecified atom stereocenters. The van der Waals surface area contributed by atoms with Gasteiger partial charge in [0.25, 0.3) is 0 Å². The maximum atomic E-state index is 3.99. The molecule has 1 aliphatic rings. The summed E-state index contributed by atoms with van der Waals surface area (Å²) in [5.41, 5.74) is 6.63. The van der Waals surface area contributed by atoms with Gasteiger partial charge in [0.1, 0.15) is 0 Å². The van der Waals surface area contributed by atoms with Gasteiger partial charge in [-0.25, -0.2) is 0 Å². The Kier molecular flexibility index (Phi) is 4.89. The molecule has 1 aliphatic carbocycles. The minimum atomic E-state index is 0. The van der Waals surface area contributed by atoms with Crippen LogP contribution >= 0.6 is 0 Å². The number of allylic oxidation sites excluding steroid dienone is 4. The van der Waals surface area contributed by atoms with E-state index < -0.39 is 0 Å². The second-order valence-corrected chi connectivity index (χ2v) is 4.62. The van der Waals surface area contributed by atoms with Crippen molar-refractivity contribution in [2.75, 3.05) is 0 Å². The molecule has 0 bridgehead atoms. The summed E-state index contributed by atoms with van der Waals surface area (Å²) in [7, 11) is 0. The molecule has 0 nitrogen and oxygen atoms in total. The second-order valence-electron chi connectivity index (χ2n) is 4.62. The summed E-state index contributed by atoms with van der Waals surface area (Å²) in [5.74, 6) is 0.438. The smallest absolute Gasteiger partial charge is 0.0240 e. The molecule has 0 heterocycles. The van der Waals surface area contributed by atoms with Crippen molar-refractivity contribution in [2.45, 2.75) is 26.7 Å². The molecule has 86 valence electrons. The zero-order valence-electron chi connectivity index (χ0n) is 10.7. The Bertz CT molecular complexity index is 492. The Hall–Kier alpha value is -0.677. The molecule has 1 atom stereocenters. The summed E-state index contributed by atoms with van der Waals surface area (Å²) < 4.78 is 0. The predicted molar refractivity (Wildman–Crippen MR) is 71.4 cm³/mol. The van der Waals surface area contributed by atoms with E-state index in [1.54, 1.807) is 0 Å². The molecule has 2 rings (SSSR count). The van der Waals surface area contributed by atoms with Crippen molar-refractivity contribution in [1.29, 1.82) is 0 Å². The number of fused-ring (bicyclic) bond motifs is 1. The molecule has 1 aromatic carbocycles. The van der Waals surface area contributed by atoms with Gasteiger partial charge in [0.05, 0.1) is 0 Å². The molecule has 0 amide bonds. The molecule has 0 radical (unpaired) electrons. The van der Waals surface area contributed by atoms with Gasteiger partial charge in [0, 0.05) is 32.1 Å². The Labute approximate surface area is 123 Å². The van der Waals surface area contributed by atoms with E-state index in [1.807, 2.05) is 0 Å². The molecule has 0 saturated heterocycles. The van der Waals surface area contributed by atoms with Crippen LogP contribution in [-0.2, 0) is 26.2 Å². The van der Waals surface area contributed by atoms with Crippen molar-refractivity contribution < 1.29 is 26.2 Å². The van der Waals surface area contributed by atoms with Crippen molar-refractivity contribution in [1.82, 2.24) is 0 Å². The zero-order chi connectivity index (χ0) is 11.7. The third-order valence-corrected chi connectivity index (χ3v) is 3.29. The van der Waals surface area contributed by atoms with E-state index in [4.69, 9.17) is 0 Å². The van der Waals surface area contributed by atoms with E-state index >= 15 is 0 Å². The van der Waals surface area contributed by atoms with Crippen LogP contribution in [0.3, 0.4) is 0 Å². The van der Waals surface area contributed by atoms with Gasteiger partial charge in [-0.1, -0.05) is 59.7 Å². The van der Waals surface area contributed by atoms with Crippen LogP contribution in [0.4, 0.5) is 0 Å². The minimum absolute atomic E-state index is 0. The van der Waals surface area contributed by atoms with Gasteiger partial charge < -0.3 is 0 Å². The first-order valence-corrected chi connectivity index (χ1v) is 5.71. The van der Waals surface area contributed by atoms with Crippen LogP contribution in [0.25, 0.3) is 6.08 Å². The van der Waals surface area contributed by atoms with Gasteiger partial charge in [0.2, 0.25) is 0 Å². The fourth-order valence-electron chi connectivity index (χ4n) is 2.12. The number of hydrogen-bond acceptors (Lipinski definition) is 0. The zero-order valence-corrected chi connectivity index (χ0v) is 13.2. The standard InChI is InChI=1S/C16H18.Zr/c1-11(2)12(3)10-16-13(4)9-14-7-5-6-8-15(14)16;/h5-10,16H,1H2,2-4H3;. The molecule has 0 fully saturated rings. The van der Waals surface area contributed by atoms with E-state index in [1.165, 1.54) is 22.3 Å². The van der Waals surface area contributed by atoms with Gasteiger partial charge in [0.15, 0.2) is 0 Å². The first kappa shape index (κ1) is 14.4. The molecular formula is C16H18Zr. The van der Waals surface area contributed by atoms with Gasteiger partial charge in [-0.15, -0.1) is 0 Å². The summed E-state index contributed by atoms with van der Waals surface area (Å²) in [6, 6.07) is 8.61. The Morgan fingerprint density at radius 1 is 1.24 bits per heavy atom. The largest absolute Gasteiger partial charge is 0.0959 e. The Morgan fingerprint density at radius 3 is 2.53 bits per heavy atom. The third kappa shape index (κ3) is 2.96. The van der Waals surface area contributed by atoms with Gasteiger partial charge in [-0.05, 0) is 31.9 Å². The topological polar surface area (TPSA) is 0 Å². The molecule has 0 aliphatic heterocycles. The molecule has 1 heteroatoms. The summed E-state index contributed by atoms with van der Waals surface area (Å²) in [6.07, 6.45) is 4.60. The third-order valence-electron chi connectivity index (χ3n) is 3.29. The van der Waals surface area contributed by atoms with Gasteiger partial charge in [-0.3, -0.25) is 0 Å². The number of rotatable bonds is 2. The van der Waals surface area contributed by atoms with Crippen LogP contribution in [0, 0.1) is 0 Å². The average molecular weight is 302 g/mol. The molecule has 0 aromatic heterocycles. The number of benzene rings is 1. The van der Waals surface area contributed by atoms with E-state index in [-0.39, 0.29) is 26.2 Å². The molecule has 0 spiro atoms. The first-order chi connectivity index (χ1) is 7.59. The van der Waals surface area contributed by atoms with E-state index in [0.29, 0.717) is 5.92 Å². The minimum Gasteiger partial charge on any atom is -0.0959 e. The van der Waals surface area contributed by atoms with Crippen molar-refractivity contribution in [3.8, 4) is 0 Å². The van der Waals surface area contributed by atoms with Gasteiger partial charge >= 0.3 is 0 Å². The monoisotopic (exact) mass is 300 g/mol. The first-order valence-electron chi connectivity index (χ1n) is 5.71. The van der Waals surface area contributed by atoms with Crippen molar-refractivity contribution in [3.63, 3.8) is 0 Å². The van der Waals surface area contributed by atoms with Crippen LogP contribution < -0.4 is 0 Å².